The standard InChI is InChI=1S/C16H25N3O2/c1-4-19-15-8-6-5-7-13(15)14(18-19)11-17-12-16(2,20)9-10-21-3/h5-8,17,20H,4,9-12H2,1-3H3. The van der Waals surface area contributed by atoms with Crippen LogP contribution in [0.3, 0.4) is 0 Å². The first kappa shape index (κ1) is 15.9. The van der Waals surface area contributed by atoms with Crippen molar-refractivity contribution in [2.45, 2.75) is 39.0 Å². The Morgan fingerprint density at radius 1 is 1.38 bits per heavy atom. The van der Waals surface area contributed by atoms with Gasteiger partial charge in [-0.25, -0.2) is 0 Å². The van der Waals surface area contributed by atoms with Crippen molar-refractivity contribution in [3.05, 3.63) is 30.0 Å². The van der Waals surface area contributed by atoms with Crippen molar-refractivity contribution < 1.29 is 9.84 Å². The van der Waals surface area contributed by atoms with Gasteiger partial charge < -0.3 is 15.2 Å². The number of nitrogens with zero attached hydrogens (tertiary/aromatic N) is 2. The van der Waals surface area contributed by atoms with E-state index in [0.29, 0.717) is 26.1 Å². The maximum atomic E-state index is 10.2. The molecule has 0 amide bonds. The van der Waals surface area contributed by atoms with Crippen molar-refractivity contribution in [3.8, 4) is 0 Å². The first-order valence-electron chi connectivity index (χ1n) is 7.44. The van der Waals surface area contributed by atoms with Gasteiger partial charge in [-0.2, -0.15) is 5.10 Å². The Bertz CT molecular complexity index is 578. The van der Waals surface area contributed by atoms with Crippen LogP contribution in [-0.2, 0) is 17.8 Å². The number of benzene rings is 1. The minimum absolute atomic E-state index is 0.518. The Hall–Kier alpha value is -1.43. The molecule has 2 rings (SSSR count). The number of hydrogen-bond donors (Lipinski definition) is 2. The zero-order chi connectivity index (χ0) is 15.3. The molecule has 116 valence electrons. The van der Waals surface area contributed by atoms with E-state index in [4.69, 9.17) is 4.74 Å². The Kier molecular flexibility index (Phi) is 5.33. The normalized spacial score (nSPS) is 14.5. The molecule has 0 bridgehead atoms. The Morgan fingerprint density at radius 3 is 2.86 bits per heavy atom. The van der Waals surface area contributed by atoms with Gasteiger partial charge in [0.15, 0.2) is 0 Å². The molecular weight excluding hydrogens is 266 g/mol. The first-order chi connectivity index (χ1) is 10.1. The van der Waals surface area contributed by atoms with Gasteiger partial charge >= 0.3 is 0 Å². The Balaban J connectivity index is 2.01. The highest BCUT2D eigenvalue weighted by atomic mass is 16.5. The van der Waals surface area contributed by atoms with Gasteiger partial charge in [0.1, 0.15) is 0 Å². The minimum Gasteiger partial charge on any atom is -0.389 e. The second kappa shape index (κ2) is 7.02. The van der Waals surface area contributed by atoms with Crippen LogP contribution in [0, 0.1) is 0 Å². The molecule has 0 aliphatic rings. The summed E-state index contributed by atoms with van der Waals surface area (Å²) in [6.45, 7) is 6.49. The van der Waals surface area contributed by atoms with E-state index >= 15 is 0 Å². The summed E-state index contributed by atoms with van der Waals surface area (Å²) in [5.74, 6) is 0. The number of para-hydroxylation sites is 1. The SMILES string of the molecule is CCn1nc(CNCC(C)(O)CCOC)c2ccccc21. The molecule has 0 saturated carbocycles. The van der Waals surface area contributed by atoms with E-state index < -0.39 is 5.60 Å². The largest absolute Gasteiger partial charge is 0.389 e. The molecule has 0 saturated heterocycles. The van der Waals surface area contributed by atoms with Crippen molar-refractivity contribution in [1.29, 1.82) is 0 Å². The van der Waals surface area contributed by atoms with Crippen LogP contribution in [0.5, 0.6) is 0 Å². The first-order valence-corrected chi connectivity index (χ1v) is 7.44. The van der Waals surface area contributed by atoms with Crippen molar-refractivity contribution >= 4 is 10.9 Å². The summed E-state index contributed by atoms with van der Waals surface area (Å²) >= 11 is 0. The molecule has 0 fully saturated rings. The van der Waals surface area contributed by atoms with E-state index in [1.165, 1.54) is 5.39 Å². The second-order valence-corrected chi connectivity index (χ2v) is 5.62. The summed E-state index contributed by atoms with van der Waals surface area (Å²) in [5, 5.41) is 19.3. The molecule has 1 aromatic heterocycles. The number of aryl methyl sites for hydroxylation is 1. The van der Waals surface area contributed by atoms with Crippen molar-refractivity contribution in [2.75, 3.05) is 20.3 Å². The van der Waals surface area contributed by atoms with E-state index in [2.05, 4.69) is 29.5 Å². The van der Waals surface area contributed by atoms with Gasteiger partial charge in [-0.15, -0.1) is 0 Å². The number of nitrogens with one attached hydrogen (secondary N) is 1. The monoisotopic (exact) mass is 291 g/mol. The van der Waals surface area contributed by atoms with E-state index in [-0.39, 0.29) is 0 Å². The van der Waals surface area contributed by atoms with Gasteiger partial charge in [-0.3, -0.25) is 4.68 Å². The molecule has 1 aromatic carbocycles. The predicted octanol–water partition coefficient (Wildman–Crippen LogP) is 1.93. The van der Waals surface area contributed by atoms with Gasteiger partial charge in [0.05, 0.1) is 16.8 Å². The molecule has 0 radical (unpaired) electrons. The number of hydrogen-bond acceptors (Lipinski definition) is 4. The number of ether oxygens (including phenoxy) is 1. The van der Waals surface area contributed by atoms with Gasteiger partial charge in [-0.1, -0.05) is 18.2 Å². The maximum absolute atomic E-state index is 10.2. The summed E-state index contributed by atoms with van der Waals surface area (Å²) in [6, 6.07) is 8.24. The Labute approximate surface area is 125 Å². The Morgan fingerprint density at radius 2 is 2.14 bits per heavy atom. The molecule has 1 heterocycles. The van der Waals surface area contributed by atoms with E-state index in [1.54, 1.807) is 7.11 Å². The molecule has 5 nitrogen and oxygen atoms in total. The van der Waals surface area contributed by atoms with Crippen molar-refractivity contribution in [3.63, 3.8) is 0 Å². The lowest BCUT2D eigenvalue weighted by Crippen LogP contribution is -2.38. The van der Waals surface area contributed by atoms with E-state index in [0.717, 1.165) is 17.8 Å². The minimum atomic E-state index is -0.765. The lowest BCUT2D eigenvalue weighted by molar-refractivity contribution is 0.0247. The highest BCUT2D eigenvalue weighted by molar-refractivity contribution is 5.81. The van der Waals surface area contributed by atoms with Gasteiger partial charge in [0, 0.05) is 45.2 Å². The van der Waals surface area contributed by atoms with E-state index in [1.807, 2.05) is 23.7 Å². The average molecular weight is 291 g/mol. The third kappa shape index (κ3) is 4.03. The lowest BCUT2D eigenvalue weighted by Gasteiger charge is -2.23. The van der Waals surface area contributed by atoms with Crippen LogP contribution in [0.15, 0.2) is 24.3 Å². The topological polar surface area (TPSA) is 59.3 Å². The summed E-state index contributed by atoms with van der Waals surface area (Å²) in [7, 11) is 1.65. The number of methoxy groups -OCH3 is 1. The molecule has 0 spiro atoms. The molecule has 2 N–H and O–H groups in total. The van der Waals surface area contributed by atoms with Gasteiger partial charge in [-0.05, 0) is 19.9 Å². The quantitative estimate of drug-likeness (QED) is 0.780. The van der Waals surface area contributed by atoms with Gasteiger partial charge in [0.2, 0.25) is 0 Å². The summed E-state index contributed by atoms with van der Waals surface area (Å²) in [6.07, 6.45) is 0.612. The molecule has 21 heavy (non-hydrogen) atoms. The zero-order valence-corrected chi connectivity index (χ0v) is 13.1. The van der Waals surface area contributed by atoms with Crippen molar-refractivity contribution in [1.82, 2.24) is 15.1 Å². The molecule has 2 aromatic rings. The third-order valence-electron chi connectivity index (χ3n) is 3.68. The number of aromatic nitrogens is 2. The summed E-state index contributed by atoms with van der Waals surface area (Å²) < 4.78 is 7.02. The van der Waals surface area contributed by atoms with Crippen LogP contribution in [-0.4, -0.2) is 40.7 Å². The molecule has 0 aliphatic carbocycles. The average Bonchev–Trinajstić information content (AvgIpc) is 2.83. The van der Waals surface area contributed by atoms with Crippen LogP contribution in [0.2, 0.25) is 0 Å². The molecule has 5 heteroatoms. The third-order valence-corrected chi connectivity index (χ3v) is 3.68. The fourth-order valence-electron chi connectivity index (χ4n) is 2.43. The van der Waals surface area contributed by atoms with Crippen LogP contribution in [0.4, 0.5) is 0 Å². The van der Waals surface area contributed by atoms with Crippen LogP contribution < -0.4 is 5.32 Å². The molecule has 0 aliphatic heterocycles. The number of rotatable bonds is 8. The fraction of sp³-hybridized carbons (Fsp3) is 0.562. The number of aliphatic hydroxyl groups is 1. The van der Waals surface area contributed by atoms with Crippen LogP contribution in [0.25, 0.3) is 10.9 Å². The highest BCUT2D eigenvalue weighted by Crippen LogP contribution is 2.18. The fourth-order valence-corrected chi connectivity index (χ4v) is 2.43. The lowest BCUT2D eigenvalue weighted by atomic mass is 10.0. The molecule has 1 atom stereocenters. The van der Waals surface area contributed by atoms with E-state index in [9.17, 15) is 5.11 Å². The molecular formula is C16H25N3O2. The smallest absolute Gasteiger partial charge is 0.0841 e. The highest BCUT2D eigenvalue weighted by Gasteiger charge is 2.19. The summed E-state index contributed by atoms with van der Waals surface area (Å²) in [4.78, 5) is 0. The van der Waals surface area contributed by atoms with Crippen LogP contribution in [0.1, 0.15) is 26.0 Å². The predicted molar refractivity (Wildman–Crippen MR) is 84.2 cm³/mol. The van der Waals surface area contributed by atoms with Crippen molar-refractivity contribution in [2.24, 2.45) is 0 Å². The van der Waals surface area contributed by atoms with Crippen LogP contribution >= 0.6 is 0 Å². The van der Waals surface area contributed by atoms with Gasteiger partial charge in [0.25, 0.3) is 0 Å². The zero-order valence-electron chi connectivity index (χ0n) is 13.1. The second-order valence-electron chi connectivity index (χ2n) is 5.62. The maximum Gasteiger partial charge on any atom is 0.0841 e. The molecule has 1 unspecified atom stereocenters. The number of fused-ring (bicyclic) bond motifs is 1. The summed E-state index contributed by atoms with van der Waals surface area (Å²) in [5.41, 5.74) is 1.41.